The third kappa shape index (κ3) is 8.40. The Morgan fingerprint density at radius 3 is 2.19 bits per heavy atom. The zero-order valence-electron chi connectivity index (χ0n) is 21.4. The number of ether oxygens (including phenoxy) is 1. The van der Waals surface area contributed by atoms with Crippen molar-refractivity contribution in [1.29, 1.82) is 0 Å². The largest absolute Gasteiger partial charge is 0.495 e. The van der Waals surface area contributed by atoms with Crippen LogP contribution >= 0.6 is 34.8 Å². The predicted octanol–water partition coefficient (Wildman–Crippen LogP) is 5.14. The van der Waals surface area contributed by atoms with Crippen molar-refractivity contribution in [3.63, 3.8) is 0 Å². The highest BCUT2D eigenvalue weighted by Crippen LogP contribution is 2.30. The minimum atomic E-state index is -3.90. The fourth-order valence-electron chi connectivity index (χ4n) is 3.62. The first-order chi connectivity index (χ1) is 17.3. The van der Waals surface area contributed by atoms with Crippen molar-refractivity contribution >= 4 is 62.3 Å². The minimum Gasteiger partial charge on any atom is -0.495 e. The molecule has 204 valence electrons. The molecule has 8 nitrogen and oxygen atoms in total. The van der Waals surface area contributed by atoms with Crippen LogP contribution in [0.2, 0.25) is 15.1 Å². The summed E-state index contributed by atoms with van der Waals surface area (Å²) < 4.78 is 31.5. The zero-order valence-corrected chi connectivity index (χ0v) is 24.5. The fourth-order valence-corrected chi connectivity index (χ4v) is 5.03. The summed E-state index contributed by atoms with van der Waals surface area (Å²) in [5.41, 5.74) is 0.823. The molecule has 0 fully saturated rings. The van der Waals surface area contributed by atoms with E-state index < -0.39 is 28.5 Å². The summed E-state index contributed by atoms with van der Waals surface area (Å²) in [5, 5.41) is 3.75. The molecule has 2 aromatic rings. The number of sulfonamides is 1. The molecule has 0 aliphatic carbocycles. The molecule has 2 rings (SSSR count). The second-order valence-corrected chi connectivity index (χ2v) is 11.7. The normalized spacial score (nSPS) is 13.0. The molecule has 0 aliphatic rings. The van der Waals surface area contributed by atoms with Crippen LogP contribution in [0.5, 0.6) is 5.75 Å². The van der Waals surface area contributed by atoms with E-state index in [9.17, 15) is 18.0 Å². The standard InChI is InChI=1S/C25H32Cl3N3O5S/c1-6-16(3)29-25(33)22(7-2)30(14-17-8-10-19(26)20(27)12-17)24(32)15-31(37(5,34)35)18-9-11-23(36-4)21(28)13-18/h8-13,16,22H,6-7,14-15H2,1-5H3,(H,29,33). The number of rotatable bonds is 12. The van der Waals surface area contributed by atoms with Crippen LogP contribution in [0, 0.1) is 0 Å². The Bertz CT molecular complexity index is 1230. The summed E-state index contributed by atoms with van der Waals surface area (Å²) in [6, 6.07) is 8.38. The number of halogens is 3. The molecule has 2 amide bonds. The molecule has 37 heavy (non-hydrogen) atoms. The lowest BCUT2D eigenvalue weighted by Crippen LogP contribution is -2.53. The monoisotopic (exact) mass is 591 g/mol. The summed E-state index contributed by atoms with van der Waals surface area (Å²) in [5.74, 6) is -0.544. The Kier molecular flexibility index (Phi) is 11.4. The summed E-state index contributed by atoms with van der Waals surface area (Å²) in [4.78, 5) is 28.2. The van der Waals surface area contributed by atoms with Gasteiger partial charge in [0.2, 0.25) is 21.8 Å². The molecule has 2 atom stereocenters. The lowest BCUT2D eigenvalue weighted by Gasteiger charge is -2.33. The third-order valence-corrected chi connectivity index (χ3v) is 8.00. The maximum Gasteiger partial charge on any atom is 0.244 e. The molecule has 12 heteroatoms. The molecule has 0 radical (unpaired) electrons. The van der Waals surface area contributed by atoms with Crippen molar-refractivity contribution in [1.82, 2.24) is 10.2 Å². The summed E-state index contributed by atoms with van der Waals surface area (Å²) in [6.07, 6.45) is 2.01. The number of amides is 2. The third-order valence-electron chi connectivity index (χ3n) is 5.83. The van der Waals surface area contributed by atoms with Crippen molar-refractivity contribution in [2.75, 3.05) is 24.2 Å². The van der Waals surface area contributed by atoms with Gasteiger partial charge in [-0.1, -0.05) is 54.7 Å². The average molecular weight is 593 g/mol. The van der Waals surface area contributed by atoms with Crippen molar-refractivity contribution < 1.29 is 22.7 Å². The highest BCUT2D eigenvalue weighted by Gasteiger charge is 2.32. The first kappa shape index (κ1) is 31.0. The number of benzene rings is 2. The smallest absolute Gasteiger partial charge is 0.244 e. The van der Waals surface area contributed by atoms with Crippen LogP contribution in [0.25, 0.3) is 0 Å². The van der Waals surface area contributed by atoms with E-state index in [2.05, 4.69) is 5.32 Å². The van der Waals surface area contributed by atoms with Gasteiger partial charge in [-0.15, -0.1) is 0 Å². The van der Waals surface area contributed by atoms with E-state index in [0.717, 1.165) is 10.6 Å². The maximum atomic E-state index is 13.7. The molecule has 2 aromatic carbocycles. The van der Waals surface area contributed by atoms with Gasteiger partial charge in [0.1, 0.15) is 18.3 Å². The van der Waals surface area contributed by atoms with Crippen LogP contribution < -0.4 is 14.4 Å². The lowest BCUT2D eigenvalue weighted by molar-refractivity contribution is -0.140. The minimum absolute atomic E-state index is 0.0170. The van der Waals surface area contributed by atoms with Crippen LogP contribution in [-0.2, 0) is 26.2 Å². The molecule has 0 saturated heterocycles. The number of nitrogens with zero attached hydrogens (tertiary/aromatic N) is 2. The Morgan fingerprint density at radius 1 is 1.00 bits per heavy atom. The van der Waals surface area contributed by atoms with Gasteiger partial charge in [0.25, 0.3) is 0 Å². The number of anilines is 1. The molecule has 0 saturated carbocycles. The molecular formula is C25H32Cl3N3O5S. The van der Waals surface area contributed by atoms with E-state index in [-0.39, 0.29) is 29.2 Å². The Morgan fingerprint density at radius 2 is 1.68 bits per heavy atom. The highest BCUT2D eigenvalue weighted by molar-refractivity contribution is 7.92. The molecule has 0 aliphatic heterocycles. The predicted molar refractivity (Wildman–Crippen MR) is 149 cm³/mol. The SMILES string of the molecule is CCC(C)NC(=O)C(CC)N(Cc1ccc(Cl)c(Cl)c1)C(=O)CN(c1ccc(OC)c(Cl)c1)S(C)(=O)=O. The first-order valence-corrected chi connectivity index (χ1v) is 14.7. The van der Waals surface area contributed by atoms with Crippen LogP contribution in [0.3, 0.4) is 0 Å². The number of nitrogens with one attached hydrogen (secondary N) is 1. The Labute approximate surface area is 233 Å². The number of hydrogen-bond acceptors (Lipinski definition) is 5. The van der Waals surface area contributed by atoms with Gasteiger partial charge < -0.3 is 15.0 Å². The van der Waals surface area contributed by atoms with E-state index in [0.29, 0.717) is 34.2 Å². The lowest BCUT2D eigenvalue weighted by atomic mass is 10.1. The van der Waals surface area contributed by atoms with Crippen molar-refractivity contribution in [2.24, 2.45) is 0 Å². The number of hydrogen-bond donors (Lipinski definition) is 1. The second-order valence-electron chi connectivity index (χ2n) is 8.60. The molecule has 0 spiro atoms. The number of carbonyl (C=O) groups is 2. The molecular weight excluding hydrogens is 561 g/mol. The van der Waals surface area contributed by atoms with Crippen LogP contribution in [-0.4, -0.2) is 57.1 Å². The summed E-state index contributed by atoms with van der Waals surface area (Å²) in [7, 11) is -2.46. The van der Waals surface area contributed by atoms with Gasteiger partial charge in [0, 0.05) is 12.6 Å². The van der Waals surface area contributed by atoms with E-state index in [1.807, 2.05) is 13.8 Å². The van der Waals surface area contributed by atoms with Gasteiger partial charge >= 0.3 is 0 Å². The molecule has 0 heterocycles. The van der Waals surface area contributed by atoms with E-state index >= 15 is 0 Å². The maximum absolute atomic E-state index is 13.7. The molecule has 2 unspecified atom stereocenters. The van der Waals surface area contributed by atoms with Crippen molar-refractivity contribution in [2.45, 2.75) is 52.2 Å². The van der Waals surface area contributed by atoms with E-state index in [1.54, 1.807) is 25.1 Å². The quantitative estimate of drug-likeness (QED) is 0.368. The highest BCUT2D eigenvalue weighted by atomic mass is 35.5. The van der Waals surface area contributed by atoms with E-state index in [4.69, 9.17) is 39.5 Å². The van der Waals surface area contributed by atoms with Crippen LogP contribution in [0.1, 0.15) is 39.2 Å². The molecule has 0 bridgehead atoms. The Balaban J connectivity index is 2.49. The zero-order chi connectivity index (χ0) is 27.9. The van der Waals surface area contributed by atoms with E-state index in [1.165, 1.54) is 30.2 Å². The summed E-state index contributed by atoms with van der Waals surface area (Å²) >= 11 is 18.4. The van der Waals surface area contributed by atoms with Gasteiger partial charge in [-0.05, 0) is 55.7 Å². The first-order valence-electron chi connectivity index (χ1n) is 11.7. The number of methoxy groups -OCH3 is 1. The van der Waals surface area contributed by atoms with Crippen molar-refractivity contribution in [3.05, 3.63) is 57.0 Å². The number of carbonyl (C=O) groups excluding carboxylic acids is 2. The molecule has 0 aromatic heterocycles. The van der Waals surface area contributed by atoms with Gasteiger partial charge in [-0.3, -0.25) is 13.9 Å². The van der Waals surface area contributed by atoms with Crippen molar-refractivity contribution in [3.8, 4) is 5.75 Å². The molecule has 1 N–H and O–H groups in total. The summed E-state index contributed by atoms with van der Waals surface area (Å²) in [6.45, 7) is 5.07. The van der Waals surface area contributed by atoms with Gasteiger partial charge in [0.15, 0.2) is 0 Å². The topological polar surface area (TPSA) is 96.0 Å². The van der Waals surface area contributed by atoms with Crippen LogP contribution in [0.4, 0.5) is 5.69 Å². The Hall–Kier alpha value is -2.20. The van der Waals surface area contributed by atoms with Gasteiger partial charge in [0.05, 0.1) is 34.1 Å². The fraction of sp³-hybridized carbons (Fsp3) is 0.440. The average Bonchev–Trinajstić information content (AvgIpc) is 2.83. The van der Waals surface area contributed by atoms with Gasteiger partial charge in [-0.25, -0.2) is 8.42 Å². The van der Waals surface area contributed by atoms with Crippen LogP contribution in [0.15, 0.2) is 36.4 Å². The van der Waals surface area contributed by atoms with Gasteiger partial charge in [-0.2, -0.15) is 0 Å². The second kappa shape index (κ2) is 13.6.